The van der Waals surface area contributed by atoms with Gasteiger partial charge in [0, 0.05) is 4.47 Å². The average Bonchev–Trinajstić information content (AvgIpc) is 3.32. The summed E-state index contributed by atoms with van der Waals surface area (Å²) in [6, 6.07) is 15.4. The normalized spacial score (nSPS) is 17.3. The number of nitrogens with zero attached hydrogens (tertiary/aromatic N) is 1. The van der Waals surface area contributed by atoms with Crippen LogP contribution in [0.4, 0.5) is 10.5 Å². The van der Waals surface area contributed by atoms with Crippen LogP contribution >= 0.6 is 15.9 Å². The van der Waals surface area contributed by atoms with E-state index in [9.17, 15) is 4.79 Å². The fourth-order valence-corrected chi connectivity index (χ4v) is 3.14. The van der Waals surface area contributed by atoms with Crippen molar-refractivity contribution in [3.8, 4) is 5.75 Å². The number of carbonyl (C=O) groups excluding carboxylic acids is 1. The summed E-state index contributed by atoms with van der Waals surface area (Å²) in [5.41, 5.74) is 1.52. The number of amides is 1. The van der Waals surface area contributed by atoms with Crippen molar-refractivity contribution in [1.82, 2.24) is 0 Å². The summed E-state index contributed by atoms with van der Waals surface area (Å²) in [4.78, 5) is 14.3. The molecular weight excluding hydrogens is 358 g/mol. The lowest BCUT2D eigenvalue weighted by atomic mass is 10.2. The number of rotatable bonds is 2. The van der Waals surface area contributed by atoms with Crippen molar-refractivity contribution in [1.29, 1.82) is 0 Å². The Morgan fingerprint density at radius 3 is 2.74 bits per heavy atom. The molecule has 0 atom stereocenters. The van der Waals surface area contributed by atoms with Crippen molar-refractivity contribution in [3.05, 3.63) is 58.6 Å². The summed E-state index contributed by atoms with van der Waals surface area (Å²) in [5.74, 6) is 0.744. The third-order valence-electron chi connectivity index (χ3n) is 4.22. The highest BCUT2D eigenvalue weighted by Gasteiger charge is 2.51. The van der Waals surface area contributed by atoms with Crippen molar-refractivity contribution in [2.24, 2.45) is 0 Å². The molecule has 4 nitrogen and oxygen atoms in total. The van der Waals surface area contributed by atoms with Crippen LogP contribution in [0, 0.1) is 0 Å². The maximum atomic E-state index is 12.6. The fourth-order valence-electron chi connectivity index (χ4n) is 2.79. The molecule has 0 N–H and O–H groups in total. The molecule has 0 aromatic heterocycles. The van der Waals surface area contributed by atoms with E-state index in [4.69, 9.17) is 9.47 Å². The van der Waals surface area contributed by atoms with E-state index in [0.717, 1.165) is 34.3 Å². The Balaban J connectivity index is 1.55. The molecule has 23 heavy (non-hydrogen) atoms. The predicted molar refractivity (Wildman–Crippen MR) is 90.7 cm³/mol. The van der Waals surface area contributed by atoms with E-state index in [-0.39, 0.29) is 18.3 Å². The molecule has 2 aliphatic rings. The van der Waals surface area contributed by atoms with Crippen LogP contribution in [0.5, 0.6) is 5.75 Å². The lowest BCUT2D eigenvalue weighted by Crippen LogP contribution is -2.45. The van der Waals surface area contributed by atoms with Gasteiger partial charge in [0.15, 0.2) is 0 Å². The Morgan fingerprint density at radius 2 is 2.00 bits per heavy atom. The van der Waals surface area contributed by atoms with Gasteiger partial charge in [0.25, 0.3) is 0 Å². The maximum Gasteiger partial charge on any atom is 0.414 e. The molecule has 1 saturated carbocycles. The average molecular weight is 374 g/mol. The van der Waals surface area contributed by atoms with Gasteiger partial charge in [-0.1, -0.05) is 46.3 Å². The first-order chi connectivity index (χ1) is 11.2. The zero-order valence-electron chi connectivity index (χ0n) is 12.5. The van der Waals surface area contributed by atoms with Crippen molar-refractivity contribution in [3.63, 3.8) is 0 Å². The van der Waals surface area contributed by atoms with E-state index >= 15 is 0 Å². The molecule has 2 aromatic carbocycles. The predicted octanol–water partition coefficient (Wildman–Crippen LogP) is 4.52. The quantitative estimate of drug-likeness (QED) is 0.776. The van der Waals surface area contributed by atoms with Crippen molar-refractivity contribution in [2.75, 3.05) is 11.4 Å². The van der Waals surface area contributed by atoms with E-state index in [1.165, 1.54) is 0 Å². The van der Waals surface area contributed by atoms with Gasteiger partial charge < -0.3 is 9.47 Å². The van der Waals surface area contributed by atoms with E-state index in [2.05, 4.69) is 15.9 Å². The highest BCUT2D eigenvalue weighted by atomic mass is 79.9. The molecule has 0 radical (unpaired) electrons. The van der Waals surface area contributed by atoms with Crippen LogP contribution < -0.4 is 9.64 Å². The monoisotopic (exact) mass is 373 g/mol. The highest BCUT2D eigenvalue weighted by Crippen LogP contribution is 2.49. The molecule has 118 valence electrons. The van der Waals surface area contributed by atoms with Gasteiger partial charge in [-0.25, -0.2) is 4.79 Å². The van der Waals surface area contributed by atoms with Crippen LogP contribution in [-0.4, -0.2) is 18.2 Å². The Morgan fingerprint density at radius 1 is 1.22 bits per heavy atom. The second-order valence-corrected chi connectivity index (χ2v) is 6.94. The Hall–Kier alpha value is -2.01. The minimum Gasteiger partial charge on any atom is -0.483 e. The molecule has 1 heterocycles. The summed E-state index contributed by atoms with van der Waals surface area (Å²) < 4.78 is 12.5. The molecule has 1 aliphatic heterocycles. The number of fused-ring (bicyclic) bond motifs is 1. The highest BCUT2D eigenvalue weighted by molar-refractivity contribution is 9.10. The molecule has 1 spiro atoms. The van der Waals surface area contributed by atoms with Gasteiger partial charge >= 0.3 is 6.09 Å². The molecular formula is C18H16BrNO3. The van der Waals surface area contributed by atoms with Gasteiger partial charge in [-0.2, -0.15) is 0 Å². The van der Waals surface area contributed by atoms with Gasteiger partial charge in [0.2, 0.25) is 0 Å². The Kier molecular flexibility index (Phi) is 3.53. The first-order valence-corrected chi connectivity index (χ1v) is 8.41. The molecule has 0 saturated heterocycles. The van der Waals surface area contributed by atoms with E-state index in [1.54, 1.807) is 4.90 Å². The van der Waals surface area contributed by atoms with E-state index in [0.29, 0.717) is 6.54 Å². The third kappa shape index (κ3) is 2.93. The third-order valence-corrected chi connectivity index (χ3v) is 4.71. The lowest BCUT2D eigenvalue weighted by molar-refractivity contribution is 0.130. The number of anilines is 1. The van der Waals surface area contributed by atoms with Gasteiger partial charge in [-0.05, 0) is 36.6 Å². The zero-order valence-corrected chi connectivity index (χ0v) is 14.1. The van der Waals surface area contributed by atoms with Gasteiger partial charge in [0.05, 0.1) is 12.2 Å². The summed E-state index contributed by atoms with van der Waals surface area (Å²) in [6.07, 6.45) is 1.62. The molecule has 0 unspecified atom stereocenters. The van der Waals surface area contributed by atoms with Gasteiger partial charge in [-0.15, -0.1) is 0 Å². The van der Waals surface area contributed by atoms with E-state index < -0.39 is 0 Å². The van der Waals surface area contributed by atoms with Crippen molar-refractivity contribution >= 4 is 27.7 Å². The summed E-state index contributed by atoms with van der Waals surface area (Å²) in [6.45, 7) is 0.817. The SMILES string of the molecule is O=C(OCc1ccccc1)N1CC2(CC2)Oc2ccc(Br)cc21. The standard InChI is InChI=1S/C18H16BrNO3/c19-14-6-7-16-15(10-14)20(12-18(23-16)8-9-18)17(21)22-11-13-4-2-1-3-5-13/h1-7,10H,8-9,11-12H2. The van der Waals surface area contributed by atoms with Crippen LogP contribution in [-0.2, 0) is 11.3 Å². The molecule has 1 amide bonds. The smallest absolute Gasteiger partial charge is 0.414 e. The first kappa shape index (κ1) is 14.6. The maximum absolute atomic E-state index is 12.6. The molecule has 1 aliphatic carbocycles. The fraction of sp³-hybridized carbons (Fsp3) is 0.278. The van der Waals surface area contributed by atoms with Crippen molar-refractivity contribution in [2.45, 2.75) is 25.0 Å². The van der Waals surface area contributed by atoms with Crippen molar-refractivity contribution < 1.29 is 14.3 Å². The molecule has 2 aromatic rings. The van der Waals surface area contributed by atoms with Crippen LogP contribution in [0.25, 0.3) is 0 Å². The number of halogens is 1. The molecule has 5 heteroatoms. The number of hydrogen-bond donors (Lipinski definition) is 0. The molecule has 0 bridgehead atoms. The molecule has 4 rings (SSSR count). The van der Waals surface area contributed by atoms with Crippen LogP contribution in [0.3, 0.4) is 0 Å². The minimum absolute atomic E-state index is 0.216. The second-order valence-electron chi connectivity index (χ2n) is 6.02. The number of hydrogen-bond acceptors (Lipinski definition) is 3. The Labute approximate surface area is 143 Å². The van der Waals surface area contributed by atoms with Crippen LogP contribution in [0.2, 0.25) is 0 Å². The summed E-state index contributed by atoms with van der Waals surface area (Å²) in [7, 11) is 0. The zero-order chi connectivity index (χ0) is 15.9. The van der Waals surface area contributed by atoms with Gasteiger partial charge in [-0.3, -0.25) is 4.90 Å². The van der Waals surface area contributed by atoms with Crippen LogP contribution in [0.15, 0.2) is 53.0 Å². The van der Waals surface area contributed by atoms with Crippen LogP contribution in [0.1, 0.15) is 18.4 Å². The number of benzene rings is 2. The summed E-state index contributed by atoms with van der Waals surface area (Å²) >= 11 is 3.45. The Bertz CT molecular complexity index is 743. The summed E-state index contributed by atoms with van der Waals surface area (Å²) in [5, 5.41) is 0. The topological polar surface area (TPSA) is 38.8 Å². The second kappa shape index (κ2) is 5.57. The number of ether oxygens (including phenoxy) is 2. The largest absolute Gasteiger partial charge is 0.483 e. The number of carbonyl (C=O) groups is 1. The lowest BCUT2D eigenvalue weighted by Gasteiger charge is -2.34. The minimum atomic E-state index is -0.331. The molecule has 1 fully saturated rings. The van der Waals surface area contributed by atoms with Gasteiger partial charge in [0.1, 0.15) is 18.0 Å². The first-order valence-electron chi connectivity index (χ1n) is 7.62. The van der Waals surface area contributed by atoms with E-state index in [1.807, 2.05) is 48.5 Å².